The number of nitrogen functional groups attached to an aromatic ring is 1. The molecule has 2 aromatic carbocycles. The zero-order chi connectivity index (χ0) is 33.3. The van der Waals surface area contributed by atoms with Crippen molar-refractivity contribution in [2.45, 2.75) is 31.8 Å². The van der Waals surface area contributed by atoms with Gasteiger partial charge in [-0.1, -0.05) is 48.5 Å². The smallest absolute Gasteiger partial charge is 0.460 e. The fourth-order valence-corrected chi connectivity index (χ4v) is 6.92. The molecular formula is C27H31ClN6O10P2. The van der Waals surface area contributed by atoms with E-state index in [9.17, 15) is 23.9 Å². The normalized spacial score (nSPS) is 16.4. The van der Waals surface area contributed by atoms with Crippen molar-refractivity contribution >= 4 is 56.3 Å². The van der Waals surface area contributed by atoms with Crippen molar-refractivity contribution in [1.29, 1.82) is 0 Å². The molecule has 5 N–H and O–H groups in total. The van der Waals surface area contributed by atoms with Gasteiger partial charge in [0.2, 0.25) is 5.28 Å². The summed E-state index contributed by atoms with van der Waals surface area (Å²) in [6.07, 6.45) is 1.39. The van der Waals surface area contributed by atoms with Crippen molar-refractivity contribution in [2.24, 2.45) is 0 Å². The lowest BCUT2D eigenvalue weighted by Crippen LogP contribution is -2.35. The first-order valence-electron chi connectivity index (χ1n) is 13.4. The second-order valence-electron chi connectivity index (χ2n) is 9.50. The van der Waals surface area contributed by atoms with Gasteiger partial charge < -0.3 is 29.7 Å². The van der Waals surface area contributed by atoms with Gasteiger partial charge in [0.25, 0.3) is 0 Å². The minimum absolute atomic E-state index is 0.00106. The summed E-state index contributed by atoms with van der Waals surface area (Å²) in [4.78, 5) is 35.1. The van der Waals surface area contributed by atoms with Crippen LogP contribution in [-0.4, -0.2) is 67.5 Å². The van der Waals surface area contributed by atoms with Gasteiger partial charge in [0.1, 0.15) is 36.9 Å². The third kappa shape index (κ3) is 9.90. The number of nitrogens with zero attached hydrogens (tertiary/aromatic N) is 4. The molecule has 0 aliphatic heterocycles. The minimum Gasteiger partial charge on any atom is -0.460 e. The number of fused-ring (bicyclic) bond motifs is 1. The predicted octanol–water partition coefficient (Wildman–Crippen LogP) is 3.95. The van der Waals surface area contributed by atoms with Crippen LogP contribution in [0.4, 0.5) is 5.82 Å². The Morgan fingerprint density at radius 3 is 2.48 bits per heavy atom. The third-order valence-corrected chi connectivity index (χ3v) is 9.54. The number of aliphatic hydroxyl groups excluding tert-OH is 1. The summed E-state index contributed by atoms with van der Waals surface area (Å²) in [7, 11) is -8.76. The largest absolute Gasteiger partial charge is 0.481 e. The first-order chi connectivity index (χ1) is 21.9. The highest BCUT2D eigenvalue weighted by Gasteiger charge is 2.41. The Morgan fingerprint density at radius 2 is 1.80 bits per heavy atom. The van der Waals surface area contributed by atoms with Crippen LogP contribution in [0.2, 0.25) is 5.28 Å². The zero-order valence-corrected chi connectivity index (χ0v) is 27.0. The number of carbonyl (C=O) groups is 1. The number of para-hydroxylation sites is 1. The minimum atomic E-state index is -5.20. The van der Waals surface area contributed by atoms with E-state index < -0.39 is 46.4 Å². The molecule has 0 saturated heterocycles. The SMILES string of the molecule is COC(COP(=O)(O)OP(=O)(N[C@@H](C)C(=O)OCc1ccccc1)Oc1ccccc1)[C@H](O)/C=C\n1cnc2c(N)nc(Cl)nc21. The summed E-state index contributed by atoms with van der Waals surface area (Å²) >= 11 is 5.87. The Labute approximate surface area is 268 Å². The van der Waals surface area contributed by atoms with E-state index in [2.05, 4.69) is 20.0 Å². The maximum Gasteiger partial charge on any atom is 0.481 e. The molecule has 16 nitrogen and oxygen atoms in total. The fraction of sp³-hybridized carbons (Fsp3) is 0.259. The molecule has 46 heavy (non-hydrogen) atoms. The molecule has 2 aromatic heterocycles. The molecule has 3 unspecified atom stereocenters. The van der Waals surface area contributed by atoms with Gasteiger partial charge in [-0.2, -0.15) is 19.4 Å². The van der Waals surface area contributed by atoms with Gasteiger partial charge in [0, 0.05) is 13.3 Å². The number of nitrogens with one attached hydrogen (secondary N) is 1. The molecule has 0 saturated carbocycles. The summed E-state index contributed by atoms with van der Waals surface area (Å²) in [6.45, 7) is 0.531. The van der Waals surface area contributed by atoms with E-state index in [-0.39, 0.29) is 34.6 Å². The Hall–Kier alpha value is -3.69. The standard InChI is InChI=1S/C27H31ClN6O10P2/c1-18(26(36)41-15-19-9-5-3-6-10-19)33-45(37,43-20-11-7-4-8-12-20)44-46(38,39)42-16-22(40-2)21(35)13-14-34-17-30-23-24(29)31-27(28)32-25(23)34/h3-14,17-18,21-22,35H,15-16H2,1-2H3,(H,33,37)(H,38,39)(H2,29,31,32)/b14-13-/t18-,21+,22?,45?/m0/s1. The molecule has 0 fully saturated rings. The summed E-state index contributed by atoms with van der Waals surface area (Å²) in [6, 6.07) is 15.1. The van der Waals surface area contributed by atoms with Gasteiger partial charge in [0.05, 0.1) is 6.61 Å². The number of hydrogen-bond acceptors (Lipinski definition) is 13. The monoisotopic (exact) mass is 696 g/mol. The van der Waals surface area contributed by atoms with Crippen LogP contribution in [0.5, 0.6) is 5.75 Å². The van der Waals surface area contributed by atoms with Crippen LogP contribution in [0.15, 0.2) is 73.1 Å². The second kappa shape index (κ2) is 15.7. The molecule has 0 amide bonds. The van der Waals surface area contributed by atoms with Gasteiger partial charge >= 0.3 is 21.5 Å². The first-order valence-corrected chi connectivity index (χ1v) is 16.9. The molecule has 246 valence electrons. The average Bonchev–Trinajstić information content (AvgIpc) is 3.42. The number of halogens is 1. The summed E-state index contributed by atoms with van der Waals surface area (Å²) in [5.41, 5.74) is 7.05. The fourth-order valence-electron chi connectivity index (χ4n) is 3.79. The zero-order valence-electron chi connectivity index (χ0n) is 24.5. The van der Waals surface area contributed by atoms with E-state index in [0.717, 1.165) is 0 Å². The van der Waals surface area contributed by atoms with Crippen LogP contribution in [0.1, 0.15) is 12.5 Å². The molecule has 0 bridgehead atoms. The van der Waals surface area contributed by atoms with E-state index >= 15 is 0 Å². The molecule has 4 rings (SSSR count). The Kier molecular flexibility index (Phi) is 12.0. The number of methoxy groups -OCH3 is 1. The number of imidazole rings is 1. The van der Waals surface area contributed by atoms with E-state index in [0.29, 0.717) is 5.56 Å². The summed E-state index contributed by atoms with van der Waals surface area (Å²) in [5.74, 6) is -0.778. The molecule has 0 spiro atoms. The highest BCUT2D eigenvalue weighted by Crippen LogP contribution is 2.60. The number of carbonyl (C=O) groups excluding carboxylic acids is 1. The Bertz CT molecular complexity index is 1750. The molecular weight excluding hydrogens is 666 g/mol. The molecule has 19 heteroatoms. The van der Waals surface area contributed by atoms with E-state index in [4.69, 9.17) is 40.2 Å². The molecule has 5 atom stereocenters. The highest BCUT2D eigenvalue weighted by molar-refractivity contribution is 7.63. The quantitative estimate of drug-likeness (QED) is 0.0740. The maximum absolute atomic E-state index is 13.7. The number of ether oxygens (including phenoxy) is 2. The molecule has 0 aliphatic carbocycles. The highest BCUT2D eigenvalue weighted by atomic mass is 35.5. The van der Waals surface area contributed by atoms with Gasteiger partial charge in [-0.25, -0.2) is 14.1 Å². The van der Waals surface area contributed by atoms with Crippen LogP contribution < -0.4 is 15.3 Å². The number of hydrogen-bond donors (Lipinski definition) is 4. The molecule has 2 heterocycles. The van der Waals surface area contributed by atoms with Gasteiger partial charge in [0.15, 0.2) is 17.0 Å². The number of esters is 1. The average molecular weight is 697 g/mol. The van der Waals surface area contributed by atoms with Gasteiger partial charge in [-0.3, -0.25) is 13.9 Å². The topological polar surface area (TPSA) is 219 Å². The Morgan fingerprint density at radius 1 is 1.13 bits per heavy atom. The van der Waals surface area contributed by atoms with Crippen LogP contribution in [0.3, 0.4) is 0 Å². The Balaban J connectivity index is 1.42. The van der Waals surface area contributed by atoms with Crippen LogP contribution >= 0.6 is 27.2 Å². The van der Waals surface area contributed by atoms with Crippen LogP contribution in [0, 0.1) is 0 Å². The van der Waals surface area contributed by atoms with Crippen molar-refractivity contribution < 1.29 is 46.8 Å². The van der Waals surface area contributed by atoms with E-state index in [1.807, 2.05) is 0 Å². The lowest BCUT2D eigenvalue weighted by molar-refractivity contribution is -0.146. The first kappa shape index (κ1) is 35.2. The van der Waals surface area contributed by atoms with Gasteiger partial charge in [-0.05, 0) is 42.3 Å². The number of rotatable bonds is 16. The number of aliphatic hydroxyl groups is 1. The number of nitrogens with two attached hydrogens (primary N) is 1. The lowest BCUT2D eigenvalue weighted by Gasteiger charge is -2.25. The number of phosphoric ester groups is 1. The molecule has 4 aromatic rings. The van der Waals surface area contributed by atoms with Gasteiger partial charge in [-0.15, -0.1) is 0 Å². The predicted molar refractivity (Wildman–Crippen MR) is 167 cm³/mol. The number of phosphoric acid groups is 1. The summed E-state index contributed by atoms with van der Waals surface area (Å²) < 4.78 is 53.9. The van der Waals surface area contributed by atoms with E-state index in [1.54, 1.807) is 48.5 Å². The maximum atomic E-state index is 13.7. The van der Waals surface area contributed by atoms with Crippen molar-refractivity contribution in [3.05, 3.63) is 83.9 Å². The van der Waals surface area contributed by atoms with Crippen molar-refractivity contribution in [3.8, 4) is 5.75 Å². The van der Waals surface area contributed by atoms with E-state index in [1.165, 1.54) is 49.3 Å². The molecule has 0 radical (unpaired) electrons. The number of anilines is 1. The van der Waals surface area contributed by atoms with Crippen LogP contribution in [0.25, 0.3) is 17.4 Å². The third-order valence-electron chi connectivity index (χ3n) is 6.06. The van der Waals surface area contributed by atoms with Crippen molar-refractivity contribution in [3.63, 3.8) is 0 Å². The number of benzene rings is 2. The lowest BCUT2D eigenvalue weighted by atomic mass is 10.2. The van der Waals surface area contributed by atoms with Crippen molar-refractivity contribution in [1.82, 2.24) is 24.6 Å². The second-order valence-corrected chi connectivity index (χ2v) is 13.1. The molecule has 0 aliphatic rings. The number of aromatic nitrogens is 4. The van der Waals surface area contributed by atoms with Crippen molar-refractivity contribution in [2.75, 3.05) is 19.5 Å². The summed E-state index contributed by atoms with van der Waals surface area (Å²) in [5, 5.41) is 12.9. The van der Waals surface area contributed by atoms with Crippen LogP contribution in [-0.2, 0) is 38.8 Å².